The van der Waals surface area contributed by atoms with Gasteiger partial charge in [0.05, 0.1) is 0 Å². The van der Waals surface area contributed by atoms with Crippen LogP contribution in [-0.4, -0.2) is 78.4 Å². The maximum Gasteiger partial charge on any atom is 0.254 e. The topological polar surface area (TPSA) is 69.9 Å². The number of hydrogen-bond acceptors (Lipinski definition) is 4. The number of fused-ring (bicyclic) bond motifs is 1. The molecule has 2 aromatic carbocycles. The molecule has 0 radical (unpaired) electrons. The van der Waals surface area contributed by atoms with Gasteiger partial charge in [-0.3, -0.25) is 14.5 Å². The Hall–Kier alpha value is -2.70. The van der Waals surface area contributed by atoms with Gasteiger partial charge in [-0.1, -0.05) is 48.5 Å². The van der Waals surface area contributed by atoms with Gasteiger partial charge in [0.1, 0.15) is 5.54 Å². The van der Waals surface area contributed by atoms with Gasteiger partial charge in [0.15, 0.2) is 0 Å². The Bertz CT molecular complexity index is 1100. The molecule has 0 aliphatic carbocycles. The molecular weight excluding hydrogens is 460 g/mol. The van der Waals surface area contributed by atoms with Crippen LogP contribution in [0.15, 0.2) is 48.5 Å². The van der Waals surface area contributed by atoms with Gasteiger partial charge in [0, 0.05) is 37.7 Å². The first-order valence-electron chi connectivity index (χ1n) is 13.9. The third-order valence-electron chi connectivity index (χ3n) is 9.47. The third kappa shape index (κ3) is 4.82. The summed E-state index contributed by atoms with van der Waals surface area (Å²) < 4.78 is 0. The number of primary amides is 1. The highest BCUT2D eigenvalue weighted by Gasteiger charge is 2.49. The zero-order valence-electron chi connectivity index (χ0n) is 22.7. The van der Waals surface area contributed by atoms with Crippen molar-refractivity contribution in [2.24, 2.45) is 17.6 Å². The second kappa shape index (κ2) is 10.6. The first-order valence-corrected chi connectivity index (χ1v) is 13.9. The Balaban J connectivity index is 1.26. The molecule has 0 aromatic heterocycles. The van der Waals surface area contributed by atoms with Crippen molar-refractivity contribution < 1.29 is 9.59 Å². The standard InChI is InChI=1S/C31H42N4O2/c1-22-10-9-11-23(2)28(22)29(36)35-20-25-18-34(19-26(25)21-35)17-14-27(24-12-5-4-6-13-24)31(30(32)37)15-7-8-16-33(31)3/h4-6,9-13,25-27H,7-8,14-21H2,1-3H3,(H2,32,37)/t25?,26?,27-,31?/m0/s1. The van der Waals surface area contributed by atoms with E-state index in [4.69, 9.17) is 5.73 Å². The Morgan fingerprint density at radius 3 is 2.19 bits per heavy atom. The molecule has 3 unspecified atom stereocenters. The lowest BCUT2D eigenvalue weighted by Crippen LogP contribution is -2.62. The molecule has 6 nitrogen and oxygen atoms in total. The number of amides is 2. The second-order valence-corrected chi connectivity index (χ2v) is 11.7. The van der Waals surface area contributed by atoms with Crippen LogP contribution >= 0.6 is 0 Å². The number of aryl methyl sites for hydroxylation is 2. The van der Waals surface area contributed by atoms with Crippen molar-refractivity contribution >= 4 is 11.8 Å². The molecule has 4 atom stereocenters. The number of likely N-dealkylation sites (N-methyl/N-ethyl adjacent to an activating group) is 1. The Morgan fingerprint density at radius 2 is 1.59 bits per heavy atom. The zero-order valence-corrected chi connectivity index (χ0v) is 22.7. The van der Waals surface area contributed by atoms with E-state index in [-0.39, 0.29) is 17.7 Å². The molecule has 0 saturated carbocycles. The van der Waals surface area contributed by atoms with Gasteiger partial charge in [-0.25, -0.2) is 0 Å². The quantitative estimate of drug-likeness (QED) is 0.625. The van der Waals surface area contributed by atoms with Gasteiger partial charge in [-0.05, 0) is 88.2 Å². The highest BCUT2D eigenvalue weighted by Crippen LogP contribution is 2.42. The normalized spacial score (nSPS) is 27.3. The first kappa shape index (κ1) is 25.9. The molecule has 37 heavy (non-hydrogen) atoms. The summed E-state index contributed by atoms with van der Waals surface area (Å²) in [5.41, 5.74) is 9.74. The summed E-state index contributed by atoms with van der Waals surface area (Å²) in [4.78, 5) is 33.3. The second-order valence-electron chi connectivity index (χ2n) is 11.7. The van der Waals surface area contributed by atoms with Crippen LogP contribution in [0.1, 0.15) is 58.6 Å². The van der Waals surface area contributed by atoms with Gasteiger partial charge >= 0.3 is 0 Å². The lowest BCUT2D eigenvalue weighted by Gasteiger charge is -2.48. The molecule has 3 aliphatic heterocycles. The number of rotatable bonds is 7. The molecule has 2 aromatic rings. The lowest BCUT2D eigenvalue weighted by atomic mass is 9.71. The van der Waals surface area contributed by atoms with Crippen LogP contribution in [-0.2, 0) is 4.79 Å². The van der Waals surface area contributed by atoms with E-state index in [0.29, 0.717) is 11.8 Å². The highest BCUT2D eigenvalue weighted by molar-refractivity contribution is 5.97. The van der Waals surface area contributed by atoms with Crippen LogP contribution in [0.25, 0.3) is 0 Å². The molecule has 3 heterocycles. The number of likely N-dealkylation sites (tertiary alicyclic amines) is 3. The number of nitrogens with two attached hydrogens (primary N) is 1. The fraction of sp³-hybridized carbons (Fsp3) is 0.548. The zero-order chi connectivity index (χ0) is 26.2. The predicted molar refractivity (Wildman–Crippen MR) is 147 cm³/mol. The summed E-state index contributed by atoms with van der Waals surface area (Å²) in [6.07, 6.45) is 3.87. The van der Waals surface area contributed by atoms with Crippen molar-refractivity contribution in [3.05, 3.63) is 70.8 Å². The van der Waals surface area contributed by atoms with Crippen molar-refractivity contribution in [2.45, 2.75) is 51.0 Å². The van der Waals surface area contributed by atoms with Crippen LogP contribution in [0, 0.1) is 25.7 Å². The number of carbonyl (C=O) groups is 2. The van der Waals surface area contributed by atoms with Crippen LogP contribution in [0.4, 0.5) is 0 Å². The molecule has 0 bridgehead atoms. The molecule has 3 fully saturated rings. The van der Waals surface area contributed by atoms with Crippen molar-refractivity contribution in [3.63, 3.8) is 0 Å². The molecule has 3 saturated heterocycles. The SMILES string of the molecule is Cc1cccc(C)c1C(=O)N1CC2CN(CC[C@@H](c3ccccc3)C3(C(N)=O)CCCCN3C)CC2C1. The van der Waals surface area contributed by atoms with E-state index >= 15 is 0 Å². The Kier molecular flexibility index (Phi) is 7.42. The summed E-state index contributed by atoms with van der Waals surface area (Å²) in [6, 6.07) is 16.6. The molecule has 198 valence electrons. The van der Waals surface area contributed by atoms with Gasteiger partial charge < -0.3 is 15.5 Å². The minimum absolute atomic E-state index is 0.0686. The van der Waals surface area contributed by atoms with Gasteiger partial charge in [0.2, 0.25) is 5.91 Å². The lowest BCUT2D eigenvalue weighted by molar-refractivity contribution is -0.133. The third-order valence-corrected chi connectivity index (χ3v) is 9.47. The summed E-state index contributed by atoms with van der Waals surface area (Å²) in [5.74, 6) is 1.10. The minimum atomic E-state index is -0.635. The molecular formula is C31H42N4O2. The van der Waals surface area contributed by atoms with Crippen LogP contribution in [0.2, 0.25) is 0 Å². The van der Waals surface area contributed by atoms with Gasteiger partial charge in [0.25, 0.3) is 5.91 Å². The maximum absolute atomic E-state index is 13.3. The number of benzene rings is 2. The fourth-order valence-electron chi connectivity index (χ4n) is 7.48. The predicted octanol–water partition coefficient (Wildman–Crippen LogP) is 3.82. The smallest absolute Gasteiger partial charge is 0.254 e. The summed E-state index contributed by atoms with van der Waals surface area (Å²) >= 11 is 0. The number of carbonyl (C=O) groups excluding carboxylic acids is 2. The van der Waals surface area contributed by atoms with E-state index in [1.807, 2.05) is 38.1 Å². The van der Waals surface area contributed by atoms with E-state index in [9.17, 15) is 9.59 Å². The maximum atomic E-state index is 13.3. The van der Waals surface area contributed by atoms with Crippen LogP contribution < -0.4 is 5.73 Å². The Morgan fingerprint density at radius 1 is 0.946 bits per heavy atom. The van der Waals surface area contributed by atoms with E-state index in [1.165, 1.54) is 5.56 Å². The average Bonchev–Trinajstić information content (AvgIpc) is 3.45. The van der Waals surface area contributed by atoms with E-state index in [0.717, 1.165) is 81.6 Å². The van der Waals surface area contributed by atoms with Crippen molar-refractivity contribution in [1.29, 1.82) is 0 Å². The molecule has 0 spiro atoms. The number of piperidine rings is 1. The van der Waals surface area contributed by atoms with Crippen molar-refractivity contribution in [1.82, 2.24) is 14.7 Å². The van der Waals surface area contributed by atoms with E-state index < -0.39 is 5.54 Å². The fourth-order valence-corrected chi connectivity index (χ4v) is 7.48. The summed E-state index contributed by atoms with van der Waals surface area (Å²) in [5, 5.41) is 0. The molecule has 5 rings (SSSR count). The molecule has 2 amide bonds. The Labute approximate surface area is 221 Å². The monoisotopic (exact) mass is 502 g/mol. The van der Waals surface area contributed by atoms with Crippen LogP contribution in [0.5, 0.6) is 0 Å². The van der Waals surface area contributed by atoms with Gasteiger partial charge in [-0.15, -0.1) is 0 Å². The van der Waals surface area contributed by atoms with Crippen molar-refractivity contribution in [3.8, 4) is 0 Å². The van der Waals surface area contributed by atoms with E-state index in [1.54, 1.807) is 0 Å². The van der Waals surface area contributed by atoms with E-state index in [2.05, 4.69) is 46.0 Å². The van der Waals surface area contributed by atoms with Crippen LogP contribution in [0.3, 0.4) is 0 Å². The molecule has 3 aliphatic rings. The summed E-state index contributed by atoms with van der Waals surface area (Å²) in [7, 11) is 2.07. The highest BCUT2D eigenvalue weighted by atomic mass is 16.2. The number of nitrogens with zero attached hydrogens (tertiary/aromatic N) is 3. The number of hydrogen-bond donors (Lipinski definition) is 1. The summed E-state index contributed by atoms with van der Waals surface area (Å²) in [6.45, 7) is 9.62. The van der Waals surface area contributed by atoms with Crippen molar-refractivity contribution in [2.75, 3.05) is 46.3 Å². The molecule has 2 N–H and O–H groups in total. The minimum Gasteiger partial charge on any atom is -0.368 e. The van der Waals surface area contributed by atoms with Gasteiger partial charge in [-0.2, -0.15) is 0 Å². The average molecular weight is 503 g/mol. The first-order chi connectivity index (χ1) is 17.8. The molecule has 6 heteroatoms. The largest absolute Gasteiger partial charge is 0.368 e.